The molecule has 5 rings (SSSR count). The Morgan fingerprint density at radius 2 is 2.11 bits per heavy atom. The van der Waals surface area contributed by atoms with Gasteiger partial charge in [0.15, 0.2) is 0 Å². The molecule has 1 aromatic heterocycles. The van der Waals surface area contributed by atoms with E-state index in [1.54, 1.807) is 13.2 Å². The number of hydrogen-bond donors (Lipinski definition) is 0. The zero-order chi connectivity index (χ0) is 19.5. The van der Waals surface area contributed by atoms with E-state index in [1.165, 1.54) is 19.3 Å². The molecule has 6 nitrogen and oxygen atoms in total. The Bertz CT molecular complexity index is 910. The molecular formula is C22H27N3O3. The number of hydrogen-bond acceptors (Lipinski definition) is 5. The molecule has 3 fully saturated rings. The molecule has 1 aliphatic carbocycles. The summed E-state index contributed by atoms with van der Waals surface area (Å²) in [5, 5.41) is 4.16. The van der Waals surface area contributed by atoms with Gasteiger partial charge in [-0.25, -0.2) is 0 Å². The monoisotopic (exact) mass is 381 g/mol. The second-order valence-corrected chi connectivity index (χ2v) is 8.76. The number of rotatable bonds is 3. The van der Waals surface area contributed by atoms with Gasteiger partial charge in [-0.3, -0.25) is 9.69 Å². The van der Waals surface area contributed by atoms with Gasteiger partial charge in [0.1, 0.15) is 11.4 Å². The van der Waals surface area contributed by atoms with Crippen molar-refractivity contribution in [2.24, 2.45) is 5.41 Å². The molecule has 0 unspecified atom stereocenters. The number of likely N-dealkylation sites (N-methyl/N-ethyl adjacent to an activating group) is 1. The molecule has 1 saturated carbocycles. The molecule has 2 aromatic rings. The third kappa shape index (κ3) is 2.50. The standard InChI is InChI=1S/C22H27N3O3/c1-22-12-15-13-25(20(22)9-5-8-19(22)24(15)2)21(26)18-11-17(23-28-18)14-6-4-7-16(10-14)27-3/h4,6-7,10-11,15,19-20H,5,8-9,12-13H2,1-3H3/t15-,19-,20+,22-/m0/s1. The number of nitrogens with zero attached hydrogens (tertiary/aromatic N) is 3. The highest BCUT2D eigenvalue weighted by molar-refractivity contribution is 5.93. The highest BCUT2D eigenvalue weighted by atomic mass is 16.5. The first-order valence-electron chi connectivity index (χ1n) is 10.2. The Kier molecular flexibility index (Phi) is 4.02. The fraction of sp³-hybridized carbons (Fsp3) is 0.545. The largest absolute Gasteiger partial charge is 0.497 e. The molecule has 1 amide bonds. The maximum atomic E-state index is 13.4. The van der Waals surface area contributed by atoms with Crippen molar-refractivity contribution in [2.75, 3.05) is 20.7 Å². The van der Waals surface area contributed by atoms with Crippen LogP contribution in [0.5, 0.6) is 5.75 Å². The van der Waals surface area contributed by atoms with Gasteiger partial charge in [0.25, 0.3) is 5.91 Å². The van der Waals surface area contributed by atoms with Crippen LogP contribution in [0.1, 0.15) is 43.2 Å². The average Bonchev–Trinajstić information content (AvgIpc) is 3.29. The molecular weight excluding hydrogens is 354 g/mol. The highest BCUT2D eigenvalue weighted by Crippen LogP contribution is 2.53. The van der Waals surface area contributed by atoms with Crippen LogP contribution in [0.4, 0.5) is 0 Å². The van der Waals surface area contributed by atoms with Crippen molar-refractivity contribution in [3.63, 3.8) is 0 Å². The summed E-state index contributed by atoms with van der Waals surface area (Å²) in [7, 11) is 3.86. The van der Waals surface area contributed by atoms with E-state index in [0.717, 1.165) is 24.3 Å². The number of carbonyl (C=O) groups excluding carboxylic acids is 1. The molecule has 4 atom stereocenters. The molecule has 28 heavy (non-hydrogen) atoms. The van der Waals surface area contributed by atoms with Crippen molar-refractivity contribution >= 4 is 5.91 Å². The third-order valence-corrected chi connectivity index (χ3v) is 7.35. The maximum absolute atomic E-state index is 13.4. The van der Waals surface area contributed by atoms with Crippen molar-refractivity contribution < 1.29 is 14.1 Å². The molecule has 6 heteroatoms. The van der Waals surface area contributed by atoms with E-state index in [4.69, 9.17) is 9.26 Å². The van der Waals surface area contributed by atoms with Crippen LogP contribution in [0.3, 0.4) is 0 Å². The lowest BCUT2D eigenvalue weighted by Gasteiger charge is -2.50. The van der Waals surface area contributed by atoms with Gasteiger partial charge >= 0.3 is 0 Å². The van der Waals surface area contributed by atoms with E-state index < -0.39 is 0 Å². The predicted octanol–water partition coefficient (Wildman–Crippen LogP) is 3.44. The third-order valence-electron chi connectivity index (χ3n) is 7.35. The van der Waals surface area contributed by atoms with Gasteiger partial charge in [-0.1, -0.05) is 24.2 Å². The highest BCUT2D eigenvalue weighted by Gasteiger charge is 2.59. The van der Waals surface area contributed by atoms with Gasteiger partial charge < -0.3 is 14.2 Å². The van der Waals surface area contributed by atoms with Crippen molar-refractivity contribution in [3.8, 4) is 17.0 Å². The summed E-state index contributed by atoms with van der Waals surface area (Å²) in [6, 6.07) is 10.7. The Hall–Kier alpha value is -2.34. The van der Waals surface area contributed by atoms with Gasteiger partial charge in [-0.15, -0.1) is 0 Å². The SMILES string of the molecule is COc1cccc(-c2cc(C(=O)N3C[C@@H]4C[C@@]5(C)[C@H](CCC[C@@H]35)N4C)on2)c1. The average molecular weight is 381 g/mol. The zero-order valence-corrected chi connectivity index (χ0v) is 16.7. The molecule has 2 saturated heterocycles. The van der Waals surface area contributed by atoms with Crippen LogP contribution >= 0.6 is 0 Å². The molecule has 0 spiro atoms. The first kappa shape index (κ1) is 17.7. The summed E-state index contributed by atoms with van der Waals surface area (Å²) in [4.78, 5) is 18.0. The van der Waals surface area contributed by atoms with Gasteiger partial charge in [0, 0.05) is 41.7 Å². The minimum Gasteiger partial charge on any atom is -0.497 e. The number of methoxy groups -OCH3 is 1. The quantitative estimate of drug-likeness (QED) is 0.815. The normalized spacial score (nSPS) is 31.8. The van der Waals surface area contributed by atoms with E-state index in [9.17, 15) is 4.79 Å². The number of carbonyl (C=O) groups is 1. The summed E-state index contributed by atoms with van der Waals surface area (Å²) in [5.74, 6) is 1.05. The molecule has 1 aromatic carbocycles. The van der Waals surface area contributed by atoms with Crippen molar-refractivity contribution in [1.82, 2.24) is 15.0 Å². The number of likely N-dealkylation sites (tertiary alicyclic amines) is 2. The number of aromatic nitrogens is 1. The van der Waals surface area contributed by atoms with Gasteiger partial charge in [-0.05, 0) is 44.9 Å². The molecule has 3 aliphatic rings. The molecule has 0 N–H and O–H groups in total. The number of benzene rings is 1. The van der Waals surface area contributed by atoms with Crippen molar-refractivity contribution in [3.05, 3.63) is 36.1 Å². The van der Waals surface area contributed by atoms with Crippen LogP contribution in [-0.2, 0) is 0 Å². The Morgan fingerprint density at radius 3 is 2.93 bits per heavy atom. The number of fused-ring (bicyclic) bond motifs is 1. The smallest absolute Gasteiger partial charge is 0.292 e. The second kappa shape index (κ2) is 6.34. The van der Waals surface area contributed by atoms with Crippen LogP contribution in [0.25, 0.3) is 11.3 Å². The second-order valence-electron chi connectivity index (χ2n) is 8.76. The Morgan fingerprint density at radius 1 is 1.29 bits per heavy atom. The minimum atomic E-state index is -0.0291. The summed E-state index contributed by atoms with van der Waals surface area (Å²) in [5.41, 5.74) is 1.72. The lowest BCUT2D eigenvalue weighted by atomic mass is 9.66. The minimum absolute atomic E-state index is 0.0291. The lowest BCUT2D eigenvalue weighted by Crippen LogP contribution is -2.57. The van der Waals surface area contributed by atoms with Crippen LogP contribution in [-0.4, -0.2) is 59.7 Å². The summed E-state index contributed by atoms with van der Waals surface area (Å²) in [6.07, 6.45) is 4.69. The first-order valence-corrected chi connectivity index (χ1v) is 10.2. The molecule has 2 bridgehead atoms. The van der Waals surface area contributed by atoms with Crippen LogP contribution in [0, 0.1) is 5.41 Å². The van der Waals surface area contributed by atoms with Crippen LogP contribution < -0.4 is 4.74 Å². The first-order chi connectivity index (χ1) is 13.5. The van der Waals surface area contributed by atoms with Crippen LogP contribution in [0.15, 0.2) is 34.9 Å². The Labute approximate surface area is 165 Å². The number of ether oxygens (including phenoxy) is 1. The molecule has 3 heterocycles. The summed E-state index contributed by atoms with van der Waals surface area (Å²) < 4.78 is 10.8. The van der Waals surface area contributed by atoms with Crippen LogP contribution in [0.2, 0.25) is 0 Å². The summed E-state index contributed by atoms with van der Waals surface area (Å²) in [6.45, 7) is 3.15. The van der Waals surface area contributed by atoms with E-state index in [1.807, 2.05) is 24.3 Å². The zero-order valence-electron chi connectivity index (χ0n) is 16.7. The number of amides is 1. The maximum Gasteiger partial charge on any atom is 0.292 e. The topological polar surface area (TPSA) is 58.8 Å². The predicted molar refractivity (Wildman–Crippen MR) is 105 cm³/mol. The van der Waals surface area contributed by atoms with Gasteiger partial charge in [-0.2, -0.15) is 0 Å². The molecule has 148 valence electrons. The molecule has 2 aliphatic heterocycles. The lowest BCUT2D eigenvalue weighted by molar-refractivity contribution is 0.00920. The van der Waals surface area contributed by atoms with Crippen molar-refractivity contribution in [2.45, 2.75) is 50.7 Å². The summed E-state index contributed by atoms with van der Waals surface area (Å²) >= 11 is 0. The van der Waals surface area contributed by atoms with Gasteiger partial charge in [0.2, 0.25) is 5.76 Å². The van der Waals surface area contributed by atoms with E-state index >= 15 is 0 Å². The van der Waals surface area contributed by atoms with Crippen molar-refractivity contribution in [1.29, 1.82) is 0 Å². The van der Waals surface area contributed by atoms with E-state index in [2.05, 4.69) is 28.9 Å². The van der Waals surface area contributed by atoms with Gasteiger partial charge in [0.05, 0.1) is 7.11 Å². The fourth-order valence-corrected chi connectivity index (χ4v) is 5.95. The fourth-order valence-electron chi connectivity index (χ4n) is 5.95. The van der Waals surface area contributed by atoms with E-state index in [0.29, 0.717) is 23.5 Å². The molecule has 0 radical (unpaired) electrons. The van der Waals surface area contributed by atoms with E-state index in [-0.39, 0.29) is 17.4 Å². The Balaban J connectivity index is 1.43. The number of piperidine rings is 1.